The number of phenols is 1. The van der Waals surface area contributed by atoms with E-state index in [9.17, 15) is 9.90 Å². The fourth-order valence-electron chi connectivity index (χ4n) is 3.27. The number of hydrogen-bond acceptors (Lipinski definition) is 5. The summed E-state index contributed by atoms with van der Waals surface area (Å²) in [5.74, 6) is 1.61. The van der Waals surface area contributed by atoms with E-state index in [4.69, 9.17) is 9.47 Å². The molecule has 0 unspecified atom stereocenters. The number of benzene rings is 3. The second kappa shape index (κ2) is 7.97. The van der Waals surface area contributed by atoms with Crippen molar-refractivity contribution < 1.29 is 19.4 Å². The van der Waals surface area contributed by atoms with E-state index >= 15 is 0 Å². The Bertz CT molecular complexity index is 1160. The van der Waals surface area contributed by atoms with Gasteiger partial charge in [-0.25, -0.2) is 0 Å². The van der Waals surface area contributed by atoms with Gasteiger partial charge < -0.3 is 14.6 Å². The number of thiophene rings is 1. The van der Waals surface area contributed by atoms with E-state index < -0.39 is 0 Å². The third-order valence-electron chi connectivity index (χ3n) is 4.68. The summed E-state index contributed by atoms with van der Waals surface area (Å²) in [6, 6.07) is 19.9. The van der Waals surface area contributed by atoms with Gasteiger partial charge in [-0.1, -0.05) is 0 Å². The molecule has 4 aromatic rings. The number of hydrogen-bond donors (Lipinski definition) is 1. The van der Waals surface area contributed by atoms with Crippen LogP contribution in [0.4, 0.5) is 0 Å². The van der Waals surface area contributed by atoms with Gasteiger partial charge in [0.15, 0.2) is 5.78 Å². The van der Waals surface area contributed by atoms with E-state index in [0.717, 1.165) is 32.0 Å². The van der Waals surface area contributed by atoms with Crippen molar-refractivity contribution in [3.63, 3.8) is 0 Å². The van der Waals surface area contributed by atoms with Gasteiger partial charge in [-0.3, -0.25) is 4.79 Å². The van der Waals surface area contributed by atoms with E-state index in [2.05, 4.69) is 0 Å². The van der Waals surface area contributed by atoms with Gasteiger partial charge in [0.05, 0.1) is 13.7 Å². The molecule has 0 bridgehead atoms. The van der Waals surface area contributed by atoms with Crippen molar-refractivity contribution in [3.05, 3.63) is 77.9 Å². The SMILES string of the molecule is CCOc1ccc(C(=O)c2c(-c3ccc(OC)cc3)sc3cc(O)ccc23)cc1. The van der Waals surface area contributed by atoms with Crippen LogP contribution < -0.4 is 9.47 Å². The molecular formula is C24H20O4S. The average Bonchev–Trinajstić information content (AvgIpc) is 3.12. The van der Waals surface area contributed by atoms with E-state index in [1.165, 1.54) is 11.3 Å². The van der Waals surface area contributed by atoms with Gasteiger partial charge in [0.25, 0.3) is 0 Å². The minimum absolute atomic E-state index is 0.0594. The lowest BCUT2D eigenvalue weighted by Gasteiger charge is -2.07. The molecular weight excluding hydrogens is 384 g/mol. The van der Waals surface area contributed by atoms with E-state index in [-0.39, 0.29) is 11.5 Å². The van der Waals surface area contributed by atoms with Crippen LogP contribution in [0.25, 0.3) is 20.5 Å². The van der Waals surface area contributed by atoms with Crippen LogP contribution in [0.15, 0.2) is 66.7 Å². The van der Waals surface area contributed by atoms with Crippen molar-refractivity contribution in [3.8, 4) is 27.7 Å². The Balaban J connectivity index is 1.85. The topological polar surface area (TPSA) is 55.8 Å². The van der Waals surface area contributed by atoms with Crippen LogP contribution in [0.5, 0.6) is 17.2 Å². The highest BCUT2D eigenvalue weighted by molar-refractivity contribution is 7.22. The van der Waals surface area contributed by atoms with E-state index in [1.54, 1.807) is 37.4 Å². The molecule has 0 fully saturated rings. The highest BCUT2D eigenvalue weighted by Crippen LogP contribution is 2.41. The number of carbonyl (C=O) groups is 1. The number of ketones is 1. The van der Waals surface area contributed by atoms with Crippen molar-refractivity contribution in [2.75, 3.05) is 13.7 Å². The lowest BCUT2D eigenvalue weighted by atomic mass is 9.97. The fourth-order valence-corrected chi connectivity index (χ4v) is 4.51. The lowest BCUT2D eigenvalue weighted by Crippen LogP contribution is -2.02. The number of rotatable bonds is 6. The van der Waals surface area contributed by atoms with Crippen LogP contribution in [-0.4, -0.2) is 24.6 Å². The first-order chi connectivity index (χ1) is 14.1. The molecule has 3 aromatic carbocycles. The van der Waals surface area contributed by atoms with Gasteiger partial charge in [-0.2, -0.15) is 0 Å². The zero-order valence-electron chi connectivity index (χ0n) is 16.1. The molecule has 1 heterocycles. The Labute approximate surface area is 173 Å². The van der Waals surface area contributed by atoms with Crippen LogP contribution in [0.1, 0.15) is 22.8 Å². The molecule has 0 saturated heterocycles. The number of methoxy groups -OCH3 is 1. The molecule has 4 nitrogen and oxygen atoms in total. The minimum atomic E-state index is -0.0594. The molecule has 0 atom stereocenters. The highest BCUT2D eigenvalue weighted by Gasteiger charge is 2.22. The predicted molar refractivity (Wildman–Crippen MR) is 117 cm³/mol. The largest absolute Gasteiger partial charge is 0.508 e. The van der Waals surface area contributed by atoms with Crippen LogP contribution >= 0.6 is 11.3 Å². The summed E-state index contributed by atoms with van der Waals surface area (Å²) in [5.41, 5.74) is 2.16. The highest BCUT2D eigenvalue weighted by atomic mass is 32.1. The van der Waals surface area contributed by atoms with Gasteiger partial charge in [-0.05, 0) is 79.2 Å². The molecule has 4 rings (SSSR count). The summed E-state index contributed by atoms with van der Waals surface area (Å²) >= 11 is 1.49. The quantitative estimate of drug-likeness (QED) is 0.406. The molecule has 0 saturated carbocycles. The first-order valence-electron chi connectivity index (χ1n) is 9.28. The average molecular weight is 404 g/mol. The smallest absolute Gasteiger partial charge is 0.195 e. The normalized spacial score (nSPS) is 10.8. The first-order valence-corrected chi connectivity index (χ1v) is 10.1. The van der Waals surface area contributed by atoms with Crippen LogP contribution in [0.2, 0.25) is 0 Å². The van der Waals surface area contributed by atoms with E-state index in [0.29, 0.717) is 17.7 Å². The maximum Gasteiger partial charge on any atom is 0.195 e. The molecule has 0 spiro atoms. The van der Waals surface area contributed by atoms with E-state index in [1.807, 2.05) is 43.3 Å². The molecule has 0 aliphatic carbocycles. The van der Waals surface area contributed by atoms with Crippen LogP contribution in [0.3, 0.4) is 0 Å². The minimum Gasteiger partial charge on any atom is -0.508 e. The molecule has 146 valence electrons. The Hall–Kier alpha value is -3.31. The van der Waals surface area contributed by atoms with Gasteiger partial charge in [0.2, 0.25) is 0 Å². The second-order valence-electron chi connectivity index (χ2n) is 6.50. The number of fused-ring (bicyclic) bond motifs is 1. The summed E-state index contributed by atoms with van der Waals surface area (Å²) in [6.07, 6.45) is 0. The summed E-state index contributed by atoms with van der Waals surface area (Å²) < 4.78 is 11.6. The molecule has 0 radical (unpaired) electrons. The monoisotopic (exact) mass is 404 g/mol. The summed E-state index contributed by atoms with van der Waals surface area (Å²) in [4.78, 5) is 14.3. The first kappa shape index (κ1) is 19.0. The molecule has 5 heteroatoms. The third-order valence-corrected chi connectivity index (χ3v) is 5.88. The maximum absolute atomic E-state index is 13.5. The van der Waals surface area contributed by atoms with Crippen LogP contribution in [0, 0.1) is 0 Å². The third kappa shape index (κ3) is 3.69. The summed E-state index contributed by atoms with van der Waals surface area (Å²) in [7, 11) is 1.62. The Morgan fingerprint density at radius 2 is 1.66 bits per heavy atom. The van der Waals surface area contributed by atoms with Gasteiger partial charge in [0.1, 0.15) is 17.2 Å². The van der Waals surface area contributed by atoms with Crippen molar-refractivity contribution in [1.29, 1.82) is 0 Å². The van der Waals surface area contributed by atoms with Gasteiger partial charge >= 0.3 is 0 Å². The standard InChI is InChI=1S/C24H20O4S/c1-3-28-19-11-4-15(5-12-19)23(26)22-20-13-8-17(25)14-21(20)29-24(22)16-6-9-18(27-2)10-7-16/h4-14,25H,3H2,1-2H3. The zero-order valence-corrected chi connectivity index (χ0v) is 17.0. The molecule has 1 aromatic heterocycles. The van der Waals surface area contributed by atoms with Crippen molar-refractivity contribution in [2.45, 2.75) is 6.92 Å². The van der Waals surface area contributed by atoms with Gasteiger partial charge in [-0.15, -0.1) is 11.3 Å². The summed E-state index contributed by atoms with van der Waals surface area (Å²) in [5, 5.41) is 10.7. The number of carbonyl (C=O) groups excluding carboxylic acids is 1. The fraction of sp³-hybridized carbons (Fsp3) is 0.125. The zero-order chi connectivity index (χ0) is 20.4. The Morgan fingerprint density at radius 3 is 2.31 bits per heavy atom. The molecule has 0 amide bonds. The number of phenolic OH excluding ortho intramolecular Hbond substituents is 1. The predicted octanol–water partition coefficient (Wildman–Crippen LogP) is 5.91. The molecule has 1 N–H and O–H groups in total. The lowest BCUT2D eigenvalue weighted by molar-refractivity contribution is 0.104. The second-order valence-corrected chi connectivity index (χ2v) is 7.55. The summed E-state index contributed by atoms with van der Waals surface area (Å²) in [6.45, 7) is 2.50. The maximum atomic E-state index is 13.5. The number of aromatic hydroxyl groups is 1. The number of ether oxygens (including phenoxy) is 2. The Morgan fingerprint density at radius 1 is 0.966 bits per heavy atom. The molecule has 0 aliphatic heterocycles. The Kier molecular flexibility index (Phi) is 5.23. The van der Waals surface area contributed by atoms with Crippen LogP contribution in [-0.2, 0) is 0 Å². The molecule has 29 heavy (non-hydrogen) atoms. The molecule has 0 aliphatic rings. The van der Waals surface area contributed by atoms with Crippen molar-refractivity contribution in [1.82, 2.24) is 0 Å². The van der Waals surface area contributed by atoms with Gasteiger partial charge in [0, 0.05) is 26.1 Å². The van der Waals surface area contributed by atoms with Crippen molar-refractivity contribution >= 4 is 27.2 Å². The van der Waals surface area contributed by atoms with Crippen molar-refractivity contribution in [2.24, 2.45) is 0 Å².